The molecule has 110 valence electrons. The van der Waals surface area contributed by atoms with Crippen LogP contribution in [0, 0.1) is 11.3 Å². The lowest BCUT2D eigenvalue weighted by Crippen LogP contribution is -2.16. The summed E-state index contributed by atoms with van der Waals surface area (Å²) in [5.41, 5.74) is 1.09. The molecule has 1 heterocycles. The number of nitriles is 1. The van der Waals surface area contributed by atoms with E-state index in [0.29, 0.717) is 0 Å². The predicted molar refractivity (Wildman–Crippen MR) is 80.7 cm³/mol. The Morgan fingerprint density at radius 3 is 3.00 bits per heavy atom. The Kier molecular flexibility index (Phi) is 6.30. The van der Waals surface area contributed by atoms with Crippen LogP contribution in [0.4, 0.5) is 0 Å². The zero-order valence-corrected chi connectivity index (χ0v) is 12.0. The van der Waals surface area contributed by atoms with Gasteiger partial charge in [-0.2, -0.15) is 5.26 Å². The van der Waals surface area contributed by atoms with Crippen molar-refractivity contribution < 1.29 is 4.74 Å². The molecule has 0 saturated carbocycles. The largest absolute Gasteiger partial charge is 0.478 e. The fourth-order valence-corrected chi connectivity index (χ4v) is 2.09. The van der Waals surface area contributed by atoms with Crippen molar-refractivity contribution in [1.82, 2.24) is 14.9 Å². The number of hydrogen-bond acceptors (Lipinski definition) is 4. The highest BCUT2D eigenvalue weighted by Crippen LogP contribution is 2.17. The van der Waals surface area contributed by atoms with Gasteiger partial charge >= 0.3 is 0 Å². The summed E-state index contributed by atoms with van der Waals surface area (Å²) >= 11 is 0. The Morgan fingerprint density at radius 2 is 2.19 bits per heavy atom. The molecule has 0 aliphatic rings. The lowest BCUT2D eigenvalue weighted by molar-refractivity contribution is 0.362. The van der Waals surface area contributed by atoms with E-state index < -0.39 is 0 Å². The Bertz CT molecular complexity index is 560. The quantitative estimate of drug-likeness (QED) is 0.718. The average molecular weight is 284 g/mol. The number of ether oxygens (including phenoxy) is 1. The van der Waals surface area contributed by atoms with Crippen molar-refractivity contribution in [3.05, 3.63) is 48.5 Å². The van der Waals surface area contributed by atoms with Crippen LogP contribution in [0.25, 0.3) is 0 Å². The summed E-state index contributed by atoms with van der Waals surface area (Å²) in [6, 6.07) is 9.81. The normalized spacial score (nSPS) is 10.2. The van der Waals surface area contributed by atoms with E-state index in [4.69, 9.17) is 10.00 Å². The maximum atomic E-state index is 8.57. The van der Waals surface area contributed by atoms with Crippen LogP contribution in [0.1, 0.15) is 18.4 Å². The third kappa shape index (κ3) is 5.28. The van der Waals surface area contributed by atoms with Crippen LogP contribution >= 0.6 is 0 Å². The van der Waals surface area contributed by atoms with Gasteiger partial charge in [-0.25, -0.2) is 4.98 Å². The average Bonchev–Trinajstić information content (AvgIpc) is 3.03. The molecule has 0 atom stereocenters. The number of benzene rings is 1. The molecule has 21 heavy (non-hydrogen) atoms. The smallest absolute Gasteiger partial charge is 0.174 e. The van der Waals surface area contributed by atoms with Crippen LogP contribution in [-0.4, -0.2) is 22.7 Å². The number of rotatable bonds is 9. The third-order valence-corrected chi connectivity index (χ3v) is 3.16. The van der Waals surface area contributed by atoms with Crippen LogP contribution in [-0.2, 0) is 13.1 Å². The molecule has 5 nitrogen and oxygen atoms in total. The number of nitrogens with zero attached hydrogens (tertiary/aromatic N) is 3. The number of imidazole rings is 1. The molecule has 0 unspecified atom stereocenters. The third-order valence-electron chi connectivity index (χ3n) is 3.16. The van der Waals surface area contributed by atoms with Crippen LogP contribution < -0.4 is 10.1 Å². The summed E-state index contributed by atoms with van der Waals surface area (Å²) in [6.07, 6.45) is 7.86. The van der Waals surface area contributed by atoms with Gasteiger partial charge in [0.15, 0.2) is 6.61 Å². The minimum atomic E-state index is 0.0852. The van der Waals surface area contributed by atoms with Gasteiger partial charge in [-0.05, 0) is 25.5 Å². The molecule has 0 amide bonds. The van der Waals surface area contributed by atoms with Gasteiger partial charge in [0, 0.05) is 31.0 Å². The standard InChI is InChI=1S/C16H20N4O/c17-7-12-21-16-6-2-1-5-15(16)13-18-8-3-4-10-20-11-9-19-14-20/h1-2,5-6,9,11,14,18H,3-4,8,10,12-13H2. The van der Waals surface area contributed by atoms with Crippen molar-refractivity contribution in [3.63, 3.8) is 0 Å². The molecule has 0 fully saturated rings. The highest BCUT2D eigenvalue weighted by Gasteiger charge is 2.02. The van der Waals surface area contributed by atoms with Gasteiger partial charge in [-0.15, -0.1) is 0 Å². The highest BCUT2D eigenvalue weighted by atomic mass is 16.5. The molecular weight excluding hydrogens is 264 g/mol. The van der Waals surface area contributed by atoms with Crippen LogP contribution in [0.2, 0.25) is 0 Å². The van der Waals surface area contributed by atoms with Gasteiger partial charge in [0.2, 0.25) is 0 Å². The maximum Gasteiger partial charge on any atom is 0.174 e. The van der Waals surface area contributed by atoms with Gasteiger partial charge in [-0.1, -0.05) is 18.2 Å². The minimum Gasteiger partial charge on any atom is -0.478 e. The van der Waals surface area contributed by atoms with E-state index in [1.807, 2.05) is 42.9 Å². The zero-order chi connectivity index (χ0) is 14.8. The van der Waals surface area contributed by atoms with Gasteiger partial charge in [0.05, 0.1) is 6.33 Å². The molecule has 1 aromatic carbocycles. The van der Waals surface area contributed by atoms with E-state index in [9.17, 15) is 0 Å². The van der Waals surface area contributed by atoms with E-state index in [2.05, 4.69) is 14.9 Å². The Morgan fingerprint density at radius 1 is 1.29 bits per heavy atom. The van der Waals surface area contributed by atoms with Crippen molar-refractivity contribution in [1.29, 1.82) is 5.26 Å². The SMILES string of the molecule is N#CCOc1ccccc1CNCCCCn1ccnc1. The number of unbranched alkanes of at least 4 members (excludes halogenated alkanes) is 1. The summed E-state index contributed by atoms with van der Waals surface area (Å²) in [5.74, 6) is 0.782. The van der Waals surface area contributed by atoms with Crippen LogP contribution in [0.5, 0.6) is 5.75 Å². The second-order valence-electron chi connectivity index (χ2n) is 4.74. The first-order valence-corrected chi connectivity index (χ1v) is 7.14. The molecular formula is C16H20N4O. The van der Waals surface area contributed by atoms with Gasteiger partial charge in [0.25, 0.3) is 0 Å². The molecule has 2 rings (SSSR count). The molecule has 2 aromatic rings. The second kappa shape index (κ2) is 8.77. The Balaban J connectivity index is 1.65. The van der Waals surface area contributed by atoms with E-state index in [-0.39, 0.29) is 6.61 Å². The number of aromatic nitrogens is 2. The summed E-state index contributed by atoms with van der Waals surface area (Å²) in [7, 11) is 0. The van der Waals surface area contributed by atoms with E-state index >= 15 is 0 Å². The Labute approximate surface area is 125 Å². The molecule has 1 aromatic heterocycles. The number of hydrogen-bond donors (Lipinski definition) is 1. The van der Waals surface area contributed by atoms with Crippen molar-refractivity contribution in [2.24, 2.45) is 0 Å². The number of nitrogens with one attached hydrogen (secondary N) is 1. The van der Waals surface area contributed by atoms with Crippen molar-refractivity contribution >= 4 is 0 Å². The van der Waals surface area contributed by atoms with Crippen molar-refractivity contribution in [2.45, 2.75) is 25.9 Å². The van der Waals surface area contributed by atoms with Crippen molar-refractivity contribution in [2.75, 3.05) is 13.2 Å². The van der Waals surface area contributed by atoms with Gasteiger partial charge in [-0.3, -0.25) is 0 Å². The van der Waals surface area contributed by atoms with E-state index in [0.717, 1.165) is 43.8 Å². The van der Waals surface area contributed by atoms with Crippen molar-refractivity contribution in [3.8, 4) is 11.8 Å². The second-order valence-corrected chi connectivity index (χ2v) is 4.74. The number of aryl methyl sites for hydroxylation is 1. The predicted octanol–water partition coefficient (Wildman–Crippen LogP) is 2.36. The number of para-hydroxylation sites is 1. The summed E-state index contributed by atoms with van der Waals surface area (Å²) in [4.78, 5) is 4.02. The monoisotopic (exact) mass is 284 g/mol. The maximum absolute atomic E-state index is 8.57. The molecule has 1 N–H and O–H groups in total. The van der Waals surface area contributed by atoms with Gasteiger partial charge < -0.3 is 14.6 Å². The lowest BCUT2D eigenvalue weighted by atomic mass is 10.2. The molecule has 0 radical (unpaired) electrons. The first-order chi connectivity index (χ1) is 10.4. The molecule has 5 heteroatoms. The zero-order valence-electron chi connectivity index (χ0n) is 12.0. The fraction of sp³-hybridized carbons (Fsp3) is 0.375. The summed E-state index contributed by atoms with van der Waals surface area (Å²) in [6.45, 7) is 2.80. The first kappa shape index (κ1) is 15.1. The minimum absolute atomic E-state index is 0.0852. The molecule has 0 saturated heterocycles. The molecule has 0 spiro atoms. The van der Waals surface area contributed by atoms with E-state index in [1.54, 1.807) is 6.20 Å². The topological polar surface area (TPSA) is 62.9 Å². The van der Waals surface area contributed by atoms with Crippen LogP contribution in [0.3, 0.4) is 0 Å². The lowest BCUT2D eigenvalue weighted by Gasteiger charge is -2.10. The van der Waals surface area contributed by atoms with Gasteiger partial charge in [0.1, 0.15) is 11.8 Å². The Hall–Kier alpha value is -2.32. The molecule has 0 aliphatic carbocycles. The van der Waals surface area contributed by atoms with Crippen LogP contribution in [0.15, 0.2) is 43.0 Å². The highest BCUT2D eigenvalue weighted by molar-refractivity contribution is 5.33. The summed E-state index contributed by atoms with van der Waals surface area (Å²) < 4.78 is 7.49. The first-order valence-electron chi connectivity index (χ1n) is 7.14. The molecule has 0 aliphatic heterocycles. The van der Waals surface area contributed by atoms with E-state index in [1.165, 1.54) is 0 Å². The molecule has 0 bridgehead atoms. The fourth-order valence-electron chi connectivity index (χ4n) is 2.09. The summed E-state index contributed by atoms with van der Waals surface area (Å²) in [5, 5.41) is 12.0.